The van der Waals surface area contributed by atoms with Crippen molar-refractivity contribution in [2.24, 2.45) is 0 Å². The Kier molecular flexibility index (Phi) is 5.55. The first-order valence-corrected chi connectivity index (χ1v) is 13.6. The third-order valence-electron chi connectivity index (χ3n) is 8.29. The molecule has 7 rings (SSSR count). The number of Topliss-reactive ketones (excluding diaryl/α,β-unsaturated/α-hetero) is 2. The molecule has 184 valence electrons. The average Bonchev–Trinajstić information content (AvgIpc) is 2.96. The molecule has 0 radical (unpaired) electrons. The molecule has 0 saturated carbocycles. The summed E-state index contributed by atoms with van der Waals surface area (Å²) in [6, 6.07) is 28.9. The molecule has 3 aliphatic carbocycles. The fourth-order valence-corrected chi connectivity index (χ4v) is 6.30. The molecule has 0 heterocycles. The van der Waals surface area contributed by atoms with Gasteiger partial charge in [0.05, 0.1) is 0 Å². The minimum Gasteiger partial charge on any atom is -0.289 e. The molecule has 0 spiro atoms. The van der Waals surface area contributed by atoms with Crippen molar-refractivity contribution in [2.75, 3.05) is 0 Å². The lowest BCUT2D eigenvalue weighted by Crippen LogP contribution is -2.18. The van der Waals surface area contributed by atoms with Crippen LogP contribution >= 0.6 is 0 Å². The van der Waals surface area contributed by atoms with Crippen LogP contribution in [0.1, 0.15) is 66.9 Å². The molecular weight excluding hydrogens is 464 g/mol. The van der Waals surface area contributed by atoms with E-state index >= 15 is 0 Å². The summed E-state index contributed by atoms with van der Waals surface area (Å²) >= 11 is 0. The van der Waals surface area contributed by atoms with E-state index in [0.717, 1.165) is 94.2 Å². The third kappa shape index (κ3) is 3.97. The maximum absolute atomic E-state index is 13.6. The highest BCUT2D eigenvalue weighted by atomic mass is 16.1. The number of ketones is 2. The molecule has 2 nitrogen and oxygen atoms in total. The van der Waals surface area contributed by atoms with Gasteiger partial charge in [0, 0.05) is 22.3 Å². The van der Waals surface area contributed by atoms with E-state index in [-0.39, 0.29) is 11.6 Å². The lowest BCUT2D eigenvalue weighted by atomic mass is 9.76. The van der Waals surface area contributed by atoms with Gasteiger partial charge in [-0.05, 0) is 107 Å². The van der Waals surface area contributed by atoms with Gasteiger partial charge in [0.25, 0.3) is 0 Å². The quantitative estimate of drug-likeness (QED) is 0.267. The van der Waals surface area contributed by atoms with Crippen molar-refractivity contribution < 1.29 is 9.59 Å². The maximum atomic E-state index is 13.6. The van der Waals surface area contributed by atoms with Crippen molar-refractivity contribution in [1.82, 2.24) is 0 Å². The second-order valence-electron chi connectivity index (χ2n) is 10.7. The zero-order valence-electron chi connectivity index (χ0n) is 21.3. The predicted molar refractivity (Wildman–Crippen MR) is 153 cm³/mol. The first-order chi connectivity index (χ1) is 18.6. The first kappa shape index (κ1) is 22.9. The molecule has 0 N–H and O–H groups in total. The summed E-state index contributed by atoms with van der Waals surface area (Å²) in [7, 11) is 0. The summed E-state index contributed by atoms with van der Waals surface area (Å²) in [6.45, 7) is 0. The Hall–Kier alpha value is -4.30. The fourth-order valence-electron chi connectivity index (χ4n) is 6.30. The van der Waals surface area contributed by atoms with E-state index in [1.54, 1.807) is 0 Å². The molecule has 38 heavy (non-hydrogen) atoms. The van der Waals surface area contributed by atoms with E-state index in [9.17, 15) is 9.59 Å². The van der Waals surface area contributed by atoms with E-state index in [0.29, 0.717) is 0 Å². The highest BCUT2D eigenvalue weighted by Gasteiger charge is 2.29. The molecule has 0 unspecified atom stereocenters. The monoisotopic (exact) mass is 492 g/mol. The number of allylic oxidation sites excluding steroid dienone is 2. The van der Waals surface area contributed by atoms with Gasteiger partial charge in [-0.3, -0.25) is 9.59 Å². The van der Waals surface area contributed by atoms with Crippen LogP contribution in [0.5, 0.6) is 0 Å². The molecule has 0 amide bonds. The second kappa shape index (κ2) is 9.22. The number of carbonyl (C=O) groups excluding carboxylic acids is 2. The van der Waals surface area contributed by atoms with Crippen LogP contribution in [0.15, 0.2) is 96.1 Å². The highest BCUT2D eigenvalue weighted by molar-refractivity contribution is 6.15. The average molecular weight is 493 g/mol. The van der Waals surface area contributed by atoms with Crippen LogP contribution in [0.4, 0.5) is 0 Å². The van der Waals surface area contributed by atoms with Gasteiger partial charge >= 0.3 is 0 Å². The van der Waals surface area contributed by atoms with Gasteiger partial charge < -0.3 is 0 Å². The molecule has 4 aromatic carbocycles. The molecule has 0 saturated heterocycles. The lowest BCUT2D eigenvalue weighted by molar-refractivity contribution is 0.101. The molecule has 0 aromatic heterocycles. The molecule has 2 heteroatoms. The van der Waals surface area contributed by atoms with Crippen LogP contribution in [0.2, 0.25) is 0 Å². The van der Waals surface area contributed by atoms with Crippen molar-refractivity contribution >= 4 is 23.7 Å². The van der Waals surface area contributed by atoms with Gasteiger partial charge in [0.1, 0.15) is 0 Å². The highest BCUT2D eigenvalue weighted by Crippen LogP contribution is 2.41. The molecular formula is C36H28O2. The van der Waals surface area contributed by atoms with Crippen molar-refractivity contribution in [1.29, 1.82) is 0 Å². The van der Waals surface area contributed by atoms with Gasteiger partial charge in [-0.1, -0.05) is 72.8 Å². The summed E-state index contributed by atoms with van der Waals surface area (Å²) in [5.41, 5.74) is 12.6. The van der Waals surface area contributed by atoms with E-state index < -0.39 is 0 Å². The summed E-state index contributed by atoms with van der Waals surface area (Å²) in [6.07, 6.45) is 9.34. The number of hydrogen-bond donors (Lipinski definition) is 0. The van der Waals surface area contributed by atoms with Crippen LogP contribution in [-0.4, -0.2) is 11.6 Å². The molecule has 4 aromatic rings. The Morgan fingerprint density at radius 2 is 0.789 bits per heavy atom. The Morgan fingerprint density at radius 3 is 1.21 bits per heavy atom. The second-order valence-corrected chi connectivity index (χ2v) is 10.7. The number of fused-ring (bicyclic) bond motifs is 5. The van der Waals surface area contributed by atoms with Crippen LogP contribution in [0.25, 0.3) is 23.3 Å². The SMILES string of the molecule is O=C1C(=Cc2ccccc2)CCc2cc3c(cc21)-c1cc2c(cc1CC3)CCC(=Cc1ccccc1)C2=O. The van der Waals surface area contributed by atoms with Crippen molar-refractivity contribution in [2.45, 2.75) is 38.5 Å². The van der Waals surface area contributed by atoms with E-state index in [1.807, 2.05) is 72.8 Å². The number of aryl methyl sites for hydroxylation is 4. The molecule has 0 fully saturated rings. The van der Waals surface area contributed by atoms with E-state index in [2.05, 4.69) is 24.3 Å². The van der Waals surface area contributed by atoms with E-state index in [4.69, 9.17) is 0 Å². The first-order valence-electron chi connectivity index (χ1n) is 13.6. The van der Waals surface area contributed by atoms with E-state index in [1.165, 1.54) is 11.1 Å². The summed E-state index contributed by atoms with van der Waals surface area (Å²) in [5.74, 6) is 0.263. The summed E-state index contributed by atoms with van der Waals surface area (Å²) in [5, 5.41) is 0. The zero-order valence-corrected chi connectivity index (χ0v) is 21.3. The van der Waals surface area contributed by atoms with Gasteiger partial charge in [0.15, 0.2) is 11.6 Å². The maximum Gasteiger partial charge on any atom is 0.189 e. The Bertz CT molecular complexity index is 1540. The van der Waals surface area contributed by atoms with Crippen molar-refractivity contribution in [3.8, 4) is 11.1 Å². The summed E-state index contributed by atoms with van der Waals surface area (Å²) < 4.78 is 0. The number of benzene rings is 4. The Morgan fingerprint density at radius 1 is 0.421 bits per heavy atom. The standard InChI is InChI=1S/C36H28O2/c37-35-29(17-23-7-3-1-4-8-23)15-13-27-19-25-11-12-26-20-28-14-16-30(18-24-9-5-2-6-10-24)36(38)34(28)22-32(26)31(25)21-33(27)35/h1-10,17-22H,11-16H2. The largest absolute Gasteiger partial charge is 0.289 e. The minimum atomic E-state index is 0.132. The minimum absolute atomic E-state index is 0.132. The third-order valence-corrected chi connectivity index (χ3v) is 8.29. The van der Waals surface area contributed by atoms with Crippen LogP contribution in [0, 0.1) is 0 Å². The smallest absolute Gasteiger partial charge is 0.189 e. The topological polar surface area (TPSA) is 34.1 Å². The van der Waals surface area contributed by atoms with Gasteiger partial charge in [-0.25, -0.2) is 0 Å². The summed E-state index contributed by atoms with van der Waals surface area (Å²) in [4.78, 5) is 27.2. The molecule has 0 atom stereocenters. The lowest BCUT2D eigenvalue weighted by Gasteiger charge is -2.27. The van der Waals surface area contributed by atoms with Crippen molar-refractivity contribution in [3.05, 3.63) is 141 Å². The van der Waals surface area contributed by atoms with Gasteiger partial charge in [-0.2, -0.15) is 0 Å². The van der Waals surface area contributed by atoms with Gasteiger partial charge in [0.2, 0.25) is 0 Å². The number of carbonyl (C=O) groups is 2. The number of rotatable bonds is 2. The number of hydrogen-bond acceptors (Lipinski definition) is 2. The predicted octanol–water partition coefficient (Wildman–Crippen LogP) is 7.88. The molecule has 3 aliphatic rings. The molecule has 0 aliphatic heterocycles. The fraction of sp³-hybridized carbons (Fsp3) is 0.167. The van der Waals surface area contributed by atoms with Crippen molar-refractivity contribution in [3.63, 3.8) is 0 Å². The Labute approximate surface area is 223 Å². The van der Waals surface area contributed by atoms with Crippen LogP contribution < -0.4 is 0 Å². The van der Waals surface area contributed by atoms with Gasteiger partial charge in [-0.15, -0.1) is 0 Å². The normalized spacial score (nSPS) is 18.1. The van der Waals surface area contributed by atoms with Crippen LogP contribution in [0.3, 0.4) is 0 Å². The Balaban J connectivity index is 1.28. The van der Waals surface area contributed by atoms with Crippen LogP contribution in [-0.2, 0) is 25.7 Å². The molecule has 0 bridgehead atoms. The zero-order chi connectivity index (χ0) is 25.6.